The third-order valence-corrected chi connectivity index (χ3v) is 14.5. The van der Waals surface area contributed by atoms with Crippen LogP contribution >= 0.6 is 0 Å². The first-order valence-corrected chi connectivity index (χ1v) is 21.5. The van der Waals surface area contributed by atoms with E-state index in [1.165, 1.54) is 0 Å². The Kier molecular flexibility index (Phi) is 14.3. The molecule has 318 valence electrons. The number of hydrogen-bond donors (Lipinski definition) is 4. The molecule has 2 spiro atoms. The molecule has 0 unspecified atom stereocenters. The zero-order chi connectivity index (χ0) is 41.4. The molecule has 17 atom stereocenters. The van der Waals surface area contributed by atoms with Gasteiger partial charge in [-0.2, -0.15) is 0 Å². The Balaban J connectivity index is 1.36. The van der Waals surface area contributed by atoms with Gasteiger partial charge in [-0.3, -0.25) is 19.8 Å². The molecule has 56 heavy (non-hydrogen) atoms. The fourth-order valence-corrected chi connectivity index (χ4v) is 10.5. The minimum Gasteiger partial charge on any atom is -0.481 e. The molecule has 0 aromatic heterocycles. The molecule has 0 aromatic rings. The maximum atomic E-state index is 14.5. The van der Waals surface area contributed by atoms with Crippen LogP contribution in [-0.2, 0) is 33.3 Å². The van der Waals surface area contributed by atoms with Gasteiger partial charge in [0.15, 0.2) is 11.6 Å². The van der Waals surface area contributed by atoms with Crippen LogP contribution in [0.5, 0.6) is 0 Å². The summed E-state index contributed by atoms with van der Waals surface area (Å²) in [5.41, 5.74) is -1.56. The van der Waals surface area contributed by atoms with E-state index in [9.17, 15) is 24.9 Å². The Morgan fingerprint density at radius 1 is 1.00 bits per heavy atom. The number of carbonyl (C=O) groups excluding carboxylic acids is 1. The molecule has 4 N–H and O–H groups in total. The van der Waals surface area contributed by atoms with Crippen LogP contribution in [0.25, 0.3) is 0 Å². The van der Waals surface area contributed by atoms with Crippen molar-refractivity contribution in [3.63, 3.8) is 0 Å². The molecule has 5 aliphatic heterocycles. The summed E-state index contributed by atoms with van der Waals surface area (Å²) in [5, 5.41) is 36.1. The lowest BCUT2D eigenvalue weighted by Crippen LogP contribution is -2.65. The normalized spacial score (nSPS) is 43.7. The molecule has 4 fully saturated rings. The van der Waals surface area contributed by atoms with E-state index < -0.39 is 71.2 Å². The Morgan fingerprint density at radius 2 is 1.70 bits per heavy atom. The summed E-state index contributed by atoms with van der Waals surface area (Å²) in [7, 11) is 1.75. The van der Waals surface area contributed by atoms with Gasteiger partial charge in [0.2, 0.25) is 0 Å². The molecule has 5 heterocycles. The minimum absolute atomic E-state index is 0.0190. The van der Waals surface area contributed by atoms with E-state index in [0.717, 1.165) is 12.8 Å². The van der Waals surface area contributed by atoms with E-state index >= 15 is 0 Å². The molecule has 5 rings (SSSR count). The Labute approximate surface area is 335 Å². The second kappa shape index (κ2) is 17.7. The van der Waals surface area contributed by atoms with Crippen LogP contribution in [0, 0.1) is 47.9 Å². The average Bonchev–Trinajstić information content (AvgIpc) is 3.51. The zero-order valence-corrected chi connectivity index (χ0v) is 35.7. The van der Waals surface area contributed by atoms with E-state index in [4.69, 9.17) is 30.1 Å². The molecule has 0 bridgehead atoms. The lowest BCUT2D eigenvalue weighted by atomic mass is 9.74. The molecule has 4 saturated heterocycles. The number of carboxylic acids is 1. The Morgan fingerprint density at radius 3 is 2.30 bits per heavy atom. The van der Waals surface area contributed by atoms with Crippen LogP contribution in [0.2, 0.25) is 0 Å². The number of ether oxygens (including phenoxy) is 5. The lowest BCUT2D eigenvalue weighted by Gasteiger charge is -2.55. The lowest BCUT2D eigenvalue weighted by molar-refractivity contribution is -0.398. The minimum atomic E-state index is -1.19. The molecule has 0 radical (unpaired) electrons. The number of carbonyl (C=O) groups is 2. The number of nitrogens with one attached hydrogen (secondary N) is 1. The highest BCUT2D eigenvalue weighted by Crippen LogP contribution is 2.54. The van der Waals surface area contributed by atoms with Crippen molar-refractivity contribution in [2.75, 3.05) is 13.6 Å². The van der Waals surface area contributed by atoms with E-state index in [1.807, 2.05) is 46.8 Å². The molecule has 12 nitrogen and oxygen atoms in total. The molecule has 5 aliphatic rings. The summed E-state index contributed by atoms with van der Waals surface area (Å²) in [6.07, 6.45) is 12.7. The van der Waals surface area contributed by atoms with Gasteiger partial charge < -0.3 is 39.0 Å². The van der Waals surface area contributed by atoms with Crippen molar-refractivity contribution in [1.82, 2.24) is 10.2 Å². The van der Waals surface area contributed by atoms with Crippen molar-refractivity contribution in [2.24, 2.45) is 35.5 Å². The standard InChI is InChI=1S/C44H72N2O10/c1-12-24-45-34-18-21-43(56-44(34)23-22-41(10,55-44)35-19-20-42(51,15-4)30(9)52-35)28(7)25-27(6)37(54-43)32(14-3)36(47)29(8)38(48)46(11)39-26(5)16-17-33(53-39)31(13-2)40(49)50/h1,18,21,26-35,37-39,45,48,51H,13-17,19-20,22-25H2,2-11H3,(H,49,50)/t26-,27-,28+,29+,30-,31+,32-,33+,34-,35+,37-,38+,39+,41-,42+,43-,44-/m0/s1. The van der Waals surface area contributed by atoms with E-state index in [0.29, 0.717) is 57.9 Å². The van der Waals surface area contributed by atoms with Crippen molar-refractivity contribution in [1.29, 1.82) is 0 Å². The summed E-state index contributed by atoms with van der Waals surface area (Å²) in [4.78, 5) is 28.2. The van der Waals surface area contributed by atoms with Crippen LogP contribution in [0.4, 0.5) is 0 Å². The average molecular weight is 789 g/mol. The van der Waals surface area contributed by atoms with Crippen molar-refractivity contribution in [3.8, 4) is 12.3 Å². The van der Waals surface area contributed by atoms with Crippen molar-refractivity contribution in [3.05, 3.63) is 12.2 Å². The van der Waals surface area contributed by atoms with Gasteiger partial charge in [-0.05, 0) is 96.6 Å². The molecule has 0 saturated carbocycles. The number of carboxylic acid groups (broad SMARTS) is 1. The maximum Gasteiger partial charge on any atom is 0.309 e. The highest BCUT2D eigenvalue weighted by molar-refractivity contribution is 5.84. The predicted molar refractivity (Wildman–Crippen MR) is 212 cm³/mol. The molecule has 0 aliphatic carbocycles. The monoisotopic (exact) mass is 789 g/mol. The number of aliphatic carboxylic acids is 1. The summed E-state index contributed by atoms with van der Waals surface area (Å²) in [6.45, 7) is 18.1. The van der Waals surface area contributed by atoms with E-state index in [2.05, 4.69) is 32.0 Å². The smallest absolute Gasteiger partial charge is 0.309 e. The summed E-state index contributed by atoms with van der Waals surface area (Å²) in [5.74, 6) is -2.57. The van der Waals surface area contributed by atoms with Gasteiger partial charge in [0.1, 0.15) is 18.2 Å². The zero-order valence-electron chi connectivity index (χ0n) is 35.7. The number of rotatable bonds is 14. The molecule has 12 heteroatoms. The van der Waals surface area contributed by atoms with Crippen molar-refractivity contribution < 1.29 is 48.6 Å². The SMILES string of the molecule is C#CCN[C@H]1C=C[C@]2(O[C@H]([C@@H](CC)C(=O)[C@@H](C)[C@@H](O)N(C)[C@@H]3O[C@@H]([C@@H](CC)C(=O)O)CC[C@@H]3C)[C@@H](C)C[C@H]2C)O[C@@]12CC[C@@](C)([C@H]1CC[C@](O)(CC)[C@H](C)O1)O2. The van der Waals surface area contributed by atoms with Gasteiger partial charge in [0.25, 0.3) is 0 Å². The van der Waals surface area contributed by atoms with Crippen molar-refractivity contribution in [2.45, 2.75) is 192 Å². The maximum absolute atomic E-state index is 14.5. The number of nitrogens with zero attached hydrogens (tertiary/aromatic N) is 1. The quantitative estimate of drug-likeness (QED) is 0.0980. The highest BCUT2D eigenvalue weighted by atomic mass is 16.8. The summed E-state index contributed by atoms with van der Waals surface area (Å²) in [6, 6.07) is -0.366. The fraction of sp³-hybridized carbons (Fsp3) is 0.864. The number of hydrogen-bond acceptors (Lipinski definition) is 11. The van der Waals surface area contributed by atoms with Gasteiger partial charge in [-0.15, -0.1) is 6.42 Å². The van der Waals surface area contributed by atoms with Gasteiger partial charge in [-0.25, -0.2) is 0 Å². The summed E-state index contributed by atoms with van der Waals surface area (Å²) >= 11 is 0. The molecule has 0 aromatic carbocycles. The third kappa shape index (κ3) is 8.55. The first-order valence-electron chi connectivity index (χ1n) is 21.5. The second-order valence-corrected chi connectivity index (χ2v) is 18.2. The first kappa shape index (κ1) is 45.2. The number of terminal acetylenes is 1. The first-order chi connectivity index (χ1) is 26.3. The fourth-order valence-electron chi connectivity index (χ4n) is 10.5. The van der Waals surface area contributed by atoms with Crippen LogP contribution in [0.15, 0.2) is 12.2 Å². The predicted octanol–water partition coefficient (Wildman–Crippen LogP) is 5.63. The van der Waals surface area contributed by atoms with Gasteiger partial charge >= 0.3 is 5.97 Å². The second-order valence-electron chi connectivity index (χ2n) is 18.2. The topological polar surface area (TPSA) is 156 Å². The molecular formula is C44H72N2O10. The van der Waals surface area contributed by atoms with Crippen LogP contribution in [-0.4, -0.2) is 111 Å². The molecule has 0 amide bonds. The number of aliphatic hydroxyl groups excluding tert-OH is 1. The highest BCUT2D eigenvalue weighted by Gasteiger charge is 2.63. The third-order valence-electron chi connectivity index (χ3n) is 14.5. The van der Waals surface area contributed by atoms with Crippen LogP contribution < -0.4 is 5.32 Å². The van der Waals surface area contributed by atoms with Crippen LogP contribution in [0.1, 0.15) is 127 Å². The van der Waals surface area contributed by atoms with Gasteiger partial charge in [-0.1, -0.05) is 60.5 Å². The Bertz CT molecular complexity index is 1450. The number of ketones is 1. The van der Waals surface area contributed by atoms with Crippen LogP contribution in [0.3, 0.4) is 0 Å². The summed E-state index contributed by atoms with van der Waals surface area (Å²) < 4.78 is 34.3. The number of aliphatic hydroxyl groups is 2. The largest absolute Gasteiger partial charge is 0.481 e. The van der Waals surface area contributed by atoms with E-state index in [1.54, 1.807) is 18.9 Å². The van der Waals surface area contributed by atoms with Gasteiger partial charge in [0.05, 0.1) is 60.0 Å². The molecular weight excluding hydrogens is 716 g/mol. The van der Waals surface area contributed by atoms with Crippen molar-refractivity contribution >= 4 is 11.8 Å². The van der Waals surface area contributed by atoms with Gasteiger partial charge in [0, 0.05) is 18.3 Å². The Hall–Kier alpha value is -1.92. The van der Waals surface area contributed by atoms with E-state index in [-0.39, 0.29) is 41.8 Å². The number of Topliss-reactive ketones (excluding diaryl/α,β-unsaturated/α-hetero) is 1.